The molecule has 0 aliphatic carbocycles. The Morgan fingerprint density at radius 2 is 1.87 bits per heavy atom. The van der Waals surface area contributed by atoms with Crippen LogP contribution in [-0.2, 0) is 25.7 Å². The van der Waals surface area contributed by atoms with Gasteiger partial charge in [0, 0.05) is 13.6 Å². The highest BCUT2D eigenvalue weighted by atomic mass is 16.5. The number of hydrogen-bond donors (Lipinski definition) is 3. The van der Waals surface area contributed by atoms with Gasteiger partial charge in [-0.3, -0.25) is 19.8 Å². The standard InChI is InChI=1S/C22H32N4O5/c1-15(2)18(24-22(30)31-14-16-10-6-4-7-11-16)20(28)23-17-12-8-5-9-13-26(3)25-21(29)19(17)27/h4,6-7,10-11,15,17-18H,5,8-9,12-14H2,1-3H3,(H,23,28)(H,24,30)(H,25,29). The third-order valence-electron chi connectivity index (χ3n) is 5.07. The van der Waals surface area contributed by atoms with Crippen molar-refractivity contribution in [2.24, 2.45) is 5.92 Å². The Labute approximate surface area is 182 Å². The first-order chi connectivity index (χ1) is 14.8. The number of hydrogen-bond acceptors (Lipinski definition) is 6. The number of ketones is 1. The van der Waals surface area contributed by atoms with Gasteiger partial charge in [0.05, 0.1) is 6.04 Å². The number of ether oxygens (including phenoxy) is 1. The van der Waals surface area contributed by atoms with E-state index in [0.717, 1.165) is 18.4 Å². The molecule has 3 N–H and O–H groups in total. The van der Waals surface area contributed by atoms with Crippen molar-refractivity contribution in [1.82, 2.24) is 21.1 Å². The van der Waals surface area contributed by atoms with Gasteiger partial charge < -0.3 is 15.4 Å². The molecule has 1 aliphatic heterocycles. The third kappa shape index (κ3) is 8.01. The number of carbonyl (C=O) groups excluding carboxylic acids is 4. The van der Waals surface area contributed by atoms with E-state index >= 15 is 0 Å². The van der Waals surface area contributed by atoms with E-state index in [9.17, 15) is 19.2 Å². The molecule has 1 heterocycles. The number of nitrogens with zero attached hydrogens (tertiary/aromatic N) is 1. The van der Waals surface area contributed by atoms with Gasteiger partial charge in [-0.2, -0.15) is 0 Å². The minimum Gasteiger partial charge on any atom is -0.445 e. The number of hydrazine groups is 1. The molecule has 1 aromatic rings. The zero-order chi connectivity index (χ0) is 22.8. The number of carbonyl (C=O) groups is 4. The fraction of sp³-hybridized carbons (Fsp3) is 0.545. The number of nitrogens with one attached hydrogen (secondary N) is 3. The van der Waals surface area contributed by atoms with E-state index in [1.54, 1.807) is 25.9 Å². The Kier molecular flexibility index (Phi) is 9.45. The number of Topliss-reactive ketones (excluding diaryl/α,β-unsaturated/α-hetero) is 1. The van der Waals surface area contributed by atoms with Crippen molar-refractivity contribution in [2.75, 3.05) is 13.6 Å². The van der Waals surface area contributed by atoms with Crippen LogP contribution >= 0.6 is 0 Å². The number of rotatable bonds is 6. The summed E-state index contributed by atoms with van der Waals surface area (Å²) >= 11 is 0. The highest BCUT2D eigenvalue weighted by molar-refractivity contribution is 6.38. The number of alkyl carbamates (subject to hydrolysis) is 1. The van der Waals surface area contributed by atoms with Crippen molar-refractivity contribution in [3.63, 3.8) is 0 Å². The van der Waals surface area contributed by atoms with Crippen molar-refractivity contribution in [1.29, 1.82) is 0 Å². The van der Waals surface area contributed by atoms with Crippen LogP contribution in [0.4, 0.5) is 4.79 Å². The maximum absolute atomic E-state index is 12.9. The summed E-state index contributed by atoms with van der Waals surface area (Å²) in [5.41, 5.74) is 3.35. The maximum atomic E-state index is 12.9. The van der Waals surface area contributed by atoms with Crippen LogP contribution in [0.15, 0.2) is 30.3 Å². The molecule has 9 heteroatoms. The van der Waals surface area contributed by atoms with Gasteiger partial charge in [-0.15, -0.1) is 0 Å². The van der Waals surface area contributed by atoms with Gasteiger partial charge in [0.2, 0.25) is 11.7 Å². The average molecular weight is 433 g/mol. The van der Waals surface area contributed by atoms with Gasteiger partial charge in [-0.1, -0.05) is 57.0 Å². The van der Waals surface area contributed by atoms with Crippen LogP contribution in [0.2, 0.25) is 0 Å². The fourth-order valence-electron chi connectivity index (χ4n) is 3.27. The van der Waals surface area contributed by atoms with E-state index in [2.05, 4.69) is 16.1 Å². The lowest BCUT2D eigenvalue weighted by Crippen LogP contribution is -2.56. The second-order valence-corrected chi connectivity index (χ2v) is 8.06. The normalized spacial score (nSPS) is 19.3. The van der Waals surface area contributed by atoms with Crippen LogP contribution < -0.4 is 16.1 Å². The topological polar surface area (TPSA) is 117 Å². The predicted molar refractivity (Wildman–Crippen MR) is 115 cm³/mol. The SMILES string of the molecule is CC(C)C(NC(=O)OCc1ccccc1)C(=O)NC1CCCCCN(C)NC(=O)C1=O. The van der Waals surface area contributed by atoms with Crippen molar-refractivity contribution in [3.05, 3.63) is 35.9 Å². The second kappa shape index (κ2) is 12.0. The molecule has 170 valence electrons. The molecule has 0 spiro atoms. The van der Waals surface area contributed by atoms with E-state index in [0.29, 0.717) is 19.4 Å². The largest absolute Gasteiger partial charge is 0.445 e. The summed E-state index contributed by atoms with van der Waals surface area (Å²) in [6, 6.07) is 7.35. The van der Waals surface area contributed by atoms with Crippen molar-refractivity contribution < 1.29 is 23.9 Å². The fourth-order valence-corrected chi connectivity index (χ4v) is 3.27. The average Bonchev–Trinajstić information content (AvgIpc) is 2.74. The van der Waals surface area contributed by atoms with Crippen LogP contribution in [0.3, 0.4) is 0 Å². The quantitative estimate of drug-likeness (QED) is 0.587. The minimum atomic E-state index is -0.942. The molecule has 0 radical (unpaired) electrons. The Bertz CT molecular complexity index is 768. The summed E-state index contributed by atoms with van der Waals surface area (Å²) in [4.78, 5) is 49.8. The highest BCUT2D eigenvalue weighted by Gasteiger charge is 2.32. The third-order valence-corrected chi connectivity index (χ3v) is 5.07. The predicted octanol–water partition coefficient (Wildman–Crippen LogP) is 1.53. The van der Waals surface area contributed by atoms with E-state index in [1.165, 1.54) is 0 Å². The van der Waals surface area contributed by atoms with Crippen LogP contribution in [0.25, 0.3) is 0 Å². The molecule has 1 saturated heterocycles. The minimum absolute atomic E-state index is 0.0773. The lowest BCUT2D eigenvalue weighted by Gasteiger charge is -2.26. The molecule has 1 fully saturated rings. The Morgan fingerprint density at radius 1 is 1.16 bits per heavy atom. The summed E-state index contributed by atoms with van der Waals surface area (Å²) in [5, 5.41) is 6.79. The molecule has 1 aromatic carbocycles. The van der Waals surface area contributed by atoms with Crippen molar-refractivity contribution in [3.8, 4) is 0 Å². The Balaban J connectivity index is 1.98. The molecule has 2 atom stereocenters. The summed E-state index contributed by atoms with van der Waals surface area (Å²) in [7, 11) is 1.69. The van der Waals surface area contributed by atoms with E-state index in [-0.39, 0.29) is 12.5 Å². The lowest BCUT2D eigenvalue weighted by molar-refractivity contribution is -0.143. The molecule has 2 rings (SSSR count). The van der Waals surface area contributed by atoms with Gasteiger partial charge in [-0.25, -0.2) is 9.80 Å². The smallest absolute Gasteiger partial charge is 0.408 e. The molecule has 3 amide bonds. The number of benzene rings is 1. The molecule has 2 unspecified atom stereocenters. The van der Waals surface area contributed by atoms with Gasteiger partial charge >= 0.3 is 12.0 Å². The van der Waals surface area contributed by atoms with Gasteiger partial charge in [0.15, 0.2) is 0 Å². The first-order valence-corrected chi connectivity index (χ1v) is 10.6. The first kappa shape index (κ1) is 24.3. The molecule has 0 bridgehead atoms. The van der Waals surface area contributed by atoms with Crippen LogP contribution in [0.1, 0.15) is 45.1 Å². The molecule has 0 aromatic heterocycles. The zero-order valence-electron chi connectivity index (χ0n) is 18.3. The summed E-state index contributed by atoms with van der Waals surface area (Å²) in [6.45, 7) is 4.28. The van der Waals surface area contributed by atoms with E-state index in [4.69, 9.17) is 4.74 Å². The van der Waals surface area contributed by atoms with Crippen LogP contribution in [0, 0.1) is 5.92 Å². The molecule has 1 aliphatic rings. The zero-order valence-corrected chi connectivity index (χ0v) is 18.3. The summed E-state index contributed by atoms with van der Waals surface area (Å²) in [6.07, 6.45) is 2.09. The van der Waals surface area contributed by atoms with Gasteiger partial charge in [0.25, 0.3) is 0 Å². The Morgan fingerprint density at radius 3 is 2.55 bits per heavy atom. The lowest BCUT2D eigenvalue weighted by atomic mass is 10.00. The van der Waals surface area contributed by atoms with E-state index < -0.39 is 35.8 Å². The molecular weight excluding hydrogens is 400 g/mol. The van der Waals surface area contributed by atoms with Gasteiger partial charge in [0.1, 0.15) is 12.6 Å². The summed E-state index contributed by atoms with van der Waals surface area (Å²) in [5.74, 6) is -2.23. The maximum Gasteiger partial charge on any atom is 0.408 e. The number of amides is 3. The van der Waals surface area contributed by atoms with Crippen LogP contribution in [-0.4, -0.2) is 54.4 Å². The van der Waals surface area contributed by atoms with Crippen LogP contribution in [0.5, 0.6) is 0 Å². The first-order valence-electron chi connectivity index (χ1n) is 10.6. The van der Waals surface area contributed by atoms with Crippen molar-refractivity contribution in [2.45, 2.75) is 58.2 Å². The molecule has 9 nitrogen and oxygen atoms in total. The molecule has 31 heavy (non-hydrogen) atoms. The van der Waals surface area contributed by atoms with Gasteiger partial charge in [-0.05, 0) is 24.3 Å². The molecule has 0 saturated carbocycles. The summed E-state index contributed by atoms with van der Waals surface area (Å²) < 4.78 is 5.20. The molecular formula is C22H32N4O5. The van der Waals surface area contributed by atoms with Crippen molar-refractivity contribution >= 4 is 23.7 Å². The Hall–Kier alpha value is -2.94. The van der Waals surface area contributed by atoms with E-state index in [1.807, 2.05) is 30.3 Å². The second-order valence-electron chi connectivity index (χ2n) is 8.06. The monoisotopic (exact) mass is 432 g/mol. The highest BCUT2D eigenvalue weighted by Crippen LogP contribution is 2.10.